The van der Waals surface area contributed by atoms with Crippen molar-refractivity contribution in [2.75, 3.05) is 13.1 Å². The zero-order valence-corrected chi connectivity index (χ0v) is 17.1. The summed E-state index contributed by atoms with van der Waals surface area (Å²) >= 11 is 12.0. The van der Waals surface area contributed by atoms with Crippen LogP contribution in [0.3, 0.4) is 0 Å². The van der Waals surface area contributed by atoms with E-state index in [1.165, 1.54) is 0 Å². The van der Waals surface area contributed by atoms with Crippen LogP contribution in [0.4, 0.5) is 4.79 Å². The third kappa shape index (κ3) is 5.14. The van der Waals surface area contributed by atoms with E-state index in [0.717, 1.165) is 23.3 Å². The number of halogens is 2. The summed E-state index contributed by atoms with van der Waals surface area (Å²) in [5, 5.41) is 6.61. The second kappa shape index (κ2) is 9.42. The quantitative estimate of drug-likeness (QED) is 0.607. The molecule has 1 fully saturated rings. The molecule has 0 aromatic heterocycles. The molecule has 1 aliphatic rings. The van der Waals surface area contributed by atoms with E-state index in [4.69, 9.17) is 23.2 Å². The molecule has 2 rings (SSSR count). The van der Waals surface area contributed by atoms with Crippen LogP contribution >= 0.6 is 23.2 Å². The monoisotopic (exact) mass is 413 g/mol. The maximum Gasteiger partial charge on any atom is 0.325 e. The maximum atomic E-state index is 12.8. The van der Waals surface area contributed by atoms with Gasteiger partial charge in [0.2, 0.25) is 5.91 Å². The number of hydrogen-bond donors (Lipinski definition) is 2. The first kappa shape index (κ1) is 21.5. The van der Waals surface area contributed by atoms with Crippen LogP contribution in [0.2, 0.25) is 10.0 Å². The first-order chi connectivity index (χ1) is 12.8. The Balaban J connectivity index is 1.91. The molecule has 0 atom stereocenters. The van der Waals surface area contributed by atoms with Gasteiger partial charge >= 0.3 is 6.03 Å². The van der Waals surface area contributed by atoms with E-state index in [-0.39, 0.29) is 18.4 Å². The number of imide groups is 1. The van der Waals surface area contributed by atoms with E-state index in [1.54, 1.807) is 18.2 Å². The number of hydrogen-bond acceptors (Lipinski definition) is 3. The van der Waals surface area contributed by atoms with Gasteiger partial charge in [0.25, 0.3) is 5.91 Å². The summed E-state index contributed by atoms with van der Waals surface area (Å²) in [5.74, 6) is -0.695. The van der Waals surface area contributed by atoms with Crippen molar-refractivity contribution in [3.63, 3.8) is 0 Å². The zero-order valence-electron chi connectivity index (χ0n) is 15.6. The fourth-order valence-corrected chi connectivity index (χ4v) is 3.90. The van der Waals surface area contributed by atoms with Crippen LogP contribution in [0.25, 0.3) is 0 Å². The predicted octanol–water partition coefficient (Wildman–Crippen LogP) is 3.54. The molecule has 4 amide bonds. The van der Waals surface area contributed by atoms with Gasteiger partial charge in [-0.25, -0.2) is 4.79 Å². The van der Waals surface area contributed by atoms with Gasteiger partial charge in [0.05, 0.1) is 0 Å². The fraction of sp³-hybridized carbons (Fsp3) is 0.526. The molecular weight excluding hydrogens is 389 g/mol. The SMILES string of the molecule is CCCC1(CCC)NC(=O)N(CC(=O)NCCc2ccc(Cl)cc2Cl)C1=O. The van der Waals surface area contributed by atoms with Crippen molar-refractivity contribution in [3.8, 4) is 0 Å². The first-order valence-corrected chi connectivity index (χ1v) is 9.93. The van der Waals surface area contributed by atoms with E-state index in [1.807, 2.05) is 13.8 Å². The van der Waals surface area contributed by atoms with Crippen molar-refractivity contribution in [1.82, 2.24) is 15.5 Å². The topological polar surface area (TPSA) is 78.5 Å². The van der Waals surface area contributed by atoms with Gasteiger partial charge in [0.15, 0.2) is 0 Å². The second-order valence-electron chi connectivity index (χ2n) is 6.74. The van der Waals surface area contributed by atoms with Crippen molar-refractivity contribution in [1.29, 1.82) is 0 Å². The van der Waals surface area contributed by atoms with E-state index in [2.05, 4.69) is 10.6 Å². The summed E-state index contributed by atoms with van der Waals surface area (Å²) in [6, 6.07) is 4.68. The van der Waals surface area contributed by atoms with Gasteiger partial charge in [-0.15, -0.1) is 0 Å². The van der Waals surface area contributed by atoms with Crippen LogP contribution in [0.5, 0.6) is 0 Å². The summed E-state index contributed by atoms with van der Waals surface area (Å²) < 4.78 is 0. The third-order valence-electron chi connectivity index (χ3n) is 4.63. The molecule has 2 N–H and O–H groups in total. The lowest BCUT2D eigenvalue weighted by Crippen LogP contribution is -2.47. The highest BCUT2D eigenvalue weighted by molar-refractivity contribution is 6.35. The Morgan fingerprint density at radius 1 is 1.19 bits per heavy atom. The number of urea groups is 1. The average molecular weight is 414 g/mol. The third-order valence-corrected chi connectivity index (χ3v) is 5.22. The van der Waals surface area contributed by atoms with Crippen molar-refractivity contribution in [2.45, 2.75) is 51.5 Å². The highest BCUT2D eigenvalue weighted by Crippen LogP contribution is 2.28. The smallest absolute Gasteiger partial charge is 0.325 e. The number of carbonyl (C=O) groups excluding carboxylic acids is 3. The predicted molar refractivity (Wildman–Crippen MR) is 106 cm³/mol. The maximum absolute atomic E-state index is 12.8. The minimum Gasteiger partial charge on any atom is -0.354 e. The van der Waals surface area contributed by atoms with Crippen LogP contribution in [0.15, 0.2) is 18.2 Å². The van der Waals surface area contributed by atoms with Crippen LogP contribution in [-0.4, -0.2) is 41.4 Å². The second-order valence-corrected chi connectivity index (χ2v) is 7.58. The van der Waals surface area contributed by atoms with E-state index >= 15 is 0 Å². The fourth-order valence-electron chi connectivity index (χ4n) is 3.40. The molecule has 1 aliphatic heterocycles. The van der Waals surface area contributed by atoms with Crippen LogP contribution in [-0.2, 0) is 16.0 Å². The molecule has 27 heavy (non-hydrogen) atoms. The van der Waals surface area contributed by atoms with Crippen LogP contribution < -0.4 is 10.6 Å². The molecular formula is C19H25Cl2N3O3. The Bertz CT molecular complexity index is 718. The number of carbonyl (C=O) groups is 3. The first-order valence-electron chi connectivity index (χ1n) is 9.17. The summed E-state index contributed by atoms with van der Waals surface area (Å²) in [6.45, 7) is 4.00. The van der Waals surface area contributed by atoms with Gasteiger partial charge in [-0.3, -0.25) is 14.5 Å². The Kier molecular flexibility index (Phi) is 7.50. The molecule has 0 aliphatic carbocycles. The molecule has 1 heterocycles. The summed E-state index contributed by atoms with van der Waals surface area (Å²) in [5.41, 5.74) is -0.0150. The number of benzene rings is 1. The Hall–Kier alpha value is -1.79. The highest BCUT2D eigenvalue weighted by atomic mass is 35.5. The van der Waals surface area contributed by atoms with E-state index in [0.29, 0.717) is 35.9 Å². The van der Waals surface area contributed by atoms with Gasteiger partial charge in [0.1, 0.15) is 12.1 Å². The number of amides is 4. The molecule has 0 saturated carbocycles. The average Bonchev–Trinajstić information content (AvgIpc) is 2.82. The molecule has 0 bridgehead atoms. The van der Waals surface area contributed by atoms with Gasteiger partial charge in [-0.1, -0.05) is 56.0 Å². The molecule has 148 valence electrons. The number of rotatable bonds is 9. The van der Waals surface area contributed by atoms with Gasteiger partial charge < -0.3 is 10.6 Å². The molecule has 8 heteroatoms. The molecule has 0 spiro atoms. The molecule has 1 aromatic carbocycles. The standard InChI is InChI=1S/C19H25Cl2N3O3/c1-3-8-19(9-4-2)17(26)24(18(27)23-19)12-16(25)22-10-7-13-5-6-14(20)11-15(13)21/h5-6,11H,3-4,7-10,12H2,1-2H3,(H,22,25)(H,23,27). The van der Waals surface area contributed by atoms with Crippen LogP contribution in [0, 0.1) is 0 Å². The molecule has 0 radical (unpaired) electrons. The molecule has 1 aromatic rings. The van der Waals surface area contributed by atoms with Crippen molar-refractivity contribution in [2.24, 2.45) is 0 Å². The van der Waals surface area contributed by atoms with E-state index in [9.17, 15) is 14.4 Å². The molecule has 6 nitrogen and oxygen atoms in total. The minimum atomic E-state index is -0.877. The lowest BCUT2D eigenvalue weighted by atomic mass is 9.88. The Morgan fingerprint density at radius 3 is 2.44 bits per heavy atom. The summed E-state index contributed by atoms with van der Waals surface area (Å²) in [7, 11) is 0. The highest BCUT2D eigenvalue weighted by Gasteiger charge is 2.50. The van der Waals surface area contributed by atoms with Crippen molar-refractivity contribution >= 4 is 41.0 Å². The summed E-state index contributed by atoms with van der Waals surface area (Å²) in [6.07, 6.45) is 3.20. The van der Waals surface area contributed by atoms with Crippen molar-refractivity contribution < 1.29 is 14.4 Å². The molecule has 1 saturated heterocycles. The number of nitrogens with zero attached hydrogens (tertiary/aromatic N) is 1. The van der Waals surface area contributed by atoms with Gasteiger partial charge in [0, 0.05) is 16.6 Å². The lowest BCUT2D eigenvalue weighted by Gasteiger charge is -2.25. The largest absolute Gasteiger partial charge is 0.354 e. The number of nitrogens with one attached hydrogen (secondary N) is 2. The van der Waals surface area contributed by atoms with Crippen LogP contribution in [0.1, 0.15) is 45.1 Å². The Morgan fingerprint density at radius 2 is 1.85 bits per heavy atom. The zero-order chi connectivity index (χ0) is 20.0. The molecule has 0 unspecified atom stereocenters. The van der Waals surface area contributed by atoms with Gasteiger partial charge in [-0.05, 0) is 37.0 Å². The lowest BCUT2D eigenvalue weighted by molar-refractivity contribution is -0.135. The minimum absolute atomic E-state index is 0.284. The normalized spacial score (nSPS) is 15.8. The van der Waals surface area contributed by atoms with E-state index < -0.39 is 11.6 Å². The Labute approximate surface area is 169 Å². The van der Waals surface area contributed by atoms with Crippen molar-refractivity contribution in [3.05, 3.63) is 33.8 Å². The van der Waals surface area contributed by atoms with Gasteiger partial charge in [-0.2, -0.15) is 0 Å². The summed E-state index contributed by atoms with van der Waals surface area (Å²) in [4.78, 5) is 38.2.